The molecular weight excluding hydrogens is 270 g/mol. The molecule has 1 aromatic carbocycles. The Kier molecular flexibility index (Phi) is 7.46. The zero-order valence-electron chi connectivity index (χ0n) is 12.9. The van der Waals surface area contributed by atoms with Crippen LogP contribution in [0.15, 0.2) is 30.3 Å². The van der Waals surface area contributed by atoms with Crippen LogP contribution in [0.5, 0.6) is 0 Å². The van der Waals surface area contributed by atoms with E-state index in [4.69, 9.17) is 9.47 Å². The normalized spacial score (nSPS) is 12.0. The van der Waals surface area contributed by atoms with Gasteiger partial charge in [0.25, 0.3) is 0 Å². The molecule has 5 nitrogen and oxygen atoms in total. The number of nitrogens with zero attached hydrogens (tertiary/aromatic N) is 1. The molecule has 0 aliphatic heterocycles. The van der Waals surface area contributed by atoms with Crippen LogP contribution in [-0.4, -0.2) is 43.1 Å². The van der Waals surface area contributed by atoms with E-state index in [0.717, 1.165) is 5.56 Å². The summed E-state index contributed by atoms with van der Waals surface area (Å²) in [5.41, 5.74) is 1.03. The molecule has 0 aliphatic rings. The first-order valence-electron chi connectivity index (χ1n) is 7.18. The quantitative estimate of drug-likeness (QED) is 0.688. The number of rotatable bonds is 8. The smallest absolute Gasteiger partial charge is 0.320 e. The molecule has 0 heterocycles. The summed E-state index contributed by atoms with van der Waals surface area (Å²) in [6.07, 6.45) is 0. The second kappa shape index (κ2) is 9.13. The molecule has 0 fully saturated rings. The van der Waals surface area contributed by atoms with Crippen molar-refractivity contribution in [3.05, 3.63) is 35.9 Å². The Morgan fingerprint density at radius 2 is 1.48 bits per heavy atom. The second-order valence-corrected chi connectivity index (χ2v) is 4.60. The monoisotopic (exact) mass is 293 g/mol. The Hall–Kier alpha value is -1.88. The standard InChI is InChI=1S/C16H23NO4/c1-4-20-15(18)11-17(12-16(19)21-5-2)13(3)14-9-7-6-8-10-14/h6-10,13H,4-5,11-12H2,1-3H3. The van der Waals surface area contributed by atoms with E-state index in [1.54, 1.807) is 18.7 Å². The summed E-state index contributed by atoms with van der Waals surface area (Å²) in [4.78, 5) is 25.2. The van der Waals surface area contributed by atoms with Gasteiger partial charge in [-0.25, -0.2) is 0 Å². The number of carbonyl (C=O) groups is 2. The molecule has 0 saturated heterocycles. The minimum absolute atomic E-state index is 0.0582. The molecule has 116 valence electrons. The number of ether oxygens (including phenoxy) is 2. The van der Waals surface area contributed by atoms with E-state index in [1.807, 2.05) is 37.3 Å². The van der Waals surface area contributed by atoms with Crippen LogP contribution in [0, 0.1) is 0 Å². The van der Waals surface area contributed by atoms with E-state index >= 15 is 0 Å². The lowest BCUT2D eigenvalue weighted by atomic mass is 10.1. The fourth-order valence-electron chi connectivity index (χ4n) is 2.02. The second-order valence-electron chi connectivity index (χ2n) is 4.60. The number of esters is 2. The fourth-order valence-corrected chi connectivity index (χ4v) is 2.02. The van der Waals surface area contributed by atoms with E-state index < -0.39 is 0 Å². The number of carbonyl (C=O) groups excluding carboxylic acids is 2. The summed E-state index contributed by atoms with van der Waals surface area (Å²) in [6.45, 7) is 6.24. The maximum Gasteiger partial charge on any atom is 0.320 e. The molecule has 0 saturated carbocycles. The highest BCUT2D eigenvalue weighted by atomic mass is 16.5. The molecule has 1 atom stereocenters. The van der Waals surface area contributed by atoms with E-state index in [2.05, 4.69) is 0 Å². The van der Waals surface area contributed by atoms with Crippen LogP contribution in [0.25, 0.3) is 0 Å². The van der Waals surface area contributed by atoms with Crippen molar-refractivity contribution >= 4 is 11.9 Å². The first kappa shape index (κ1) is 17.2. The maximum absolute atomic E-state index is 11.7. The average Bonchev–Trinajstić information content (AvgIpc) is 2.47. The molecule has 0 radical (unpaired) electrons. The molecule has 0 amide bonds. The molecule has 0 aromatic heterocycles. The molecule has 0 aliphatic carbocycles. The van der Waals surface area contributed by atoms with Gasteiger partial charge in [0.1, 0.15) is 0 Å². The van der Waals surface area contributed by atoms with Gasteiger partial charge in [0.15, 0.2) is 0 Å². The van der Waals surface area contributed by atoms with Crippen molar-refractivity contribution in [2.24, 2.45) is 0 Å². The van der Waals surface area contributed by atoms with Crippen molar-refractivity contribution < 1.29 is 19.1 Å². The van der Waals surface area contributed by atoms with Crippen LogP contribution >= 0.6 is 0 Å². The van der Waals surface area contributed by atoms with Crippen LogP contribution in [0.4, 0.5) is 0 Å². The van der Waals surface area contributed by atoms with Gasteiger partial charge in [0.05, 0.1) is 26.3 Å². The predicted molar refractivity (Wildman–Crippen MR) is 79.7 cm³/mol. The molecule has 5 heteroatoms. The van der Waals surface area contributed by atoms with Gasteiger partial charge in [0, 0.05) is 6.04 Å². The zero-order chi connectivity index (χ0) is 15.7. The molecule has 0 bridgehead atoms. The third-order valence-electron chi connectivity index (χ3n) is 3.10. The van der Waals surface area contributed by atoms with E-state index in [0.29, 0.717) is 13.2 Å². The Morgan fingerprint density at radius 1 is 1.00 bits per heavy atom. The molecule has 0 N–H and O–H groups in total. The highest BCUT2D eigenvalue weighted by Gasteiger charge is 2.22. The van der Waals surface area contributed by atoms with Gasteiger partial charge in [-0.3, -0.25) is 14.5 Å². The van der Waals surface area contributed by atoms with Crippen LogP contribution in [0.1, 0.15) is 32.4 Å². The fraction of sp³-hybridized carbons (Fsp3) is 0.500. The molecular formula is C16H23NO4. The van der Waals surface area contributed by atoms with Gasteiger partial charge >= 0.3 is 11.9 Å². The van der Waals surface area contributed by atoms with Crippen LogP contribution in [0.2, 0.25) is 0 Å². The van der Waals surface area contributed by atoms with Crippen LogP contribution in [-0.2, 0) is 19.1 Å². The molecule has 1 rings (SSSR count). The van der Waals surface area contributed by atoms with Crippen molar-refractivity contribution in [1.82, 2.24) is 4.90 Å². The summed E-state index contributed by atoms with van der Waals surface area (Å²) in [5.74, 6) is -0.686. The third kappa shape index (κ3) is 5.95. The van der Waals surface area contributed by atoms with Gasteiger partial charge in [-0.1, -0.05) is 30.3 Å². The molecule has 0 spiro atoms. The summed E-state index contributed by atoms with van der Waals surface area (Å²) < 4.78 is 9.93. The molecule has 21 heavy (non-hydrogen) atoms. The lowest BCUT2D eigenvalue weighted by molar-refractivity contribution is -0.149. The summed E-state index contributed by atoms with van der Waals surface area (Å²) in [6, 6.07) is 9.64. The minimum atomic E-state index is -0.343. The number of benzene rings is 1. The van der Waals surface area contributed by atoms with Crippen molar-refractivity contribution in [1.29, 1.82) is 0 Å². The summed E-state index contributed by atoms with van der Waals surface area (Å²) >= 11 is 0. The Bertz CT molecular complexity index is 427. The van der Waals surface area contributed by atoms with Crippen LogP contribution < -0.4 is 0 Å². The summed E-state index contributed by atoms with van der Waals surface area (Å²) in [5, 5.41) is 0. The van der Waals surface area contributed by atoms with Gasteiger partial charge in [-0.2, -0.15) is 0 Å². The topological polar surface area (TPSA) is 55.8 Å². The van der Waals surface area contributed by atoms with Crippen molar-refractivity contribution in [3.63, 3.8) is 0 Å². The number of hydrogen-bond donors (Lipinski definition) is 0. The predicted octanol–water partition coefficient (Wildman–Crippen LogP) is 2.18. The van der Waals surface area contributed by atoms with Gasteiger partial charge in [0.2, 0.25) is 0 Å². The maximum atomic E-state index is 11.7. The molecule has 1 aromatic rings. The lowest BCUT2D eigenvalue weighted by Gasteiger charge is -2.27. The van der Waals surface area contributed by atoms with E-state index in [-0.39, 0.29) is 31.1 Å². The van der Waals surface area contributed by atoms with Crippen molar-refractivity contribution in [2.45, 2.75) is 26.8 Å². The first-order chi connectivity index (χ1) is 10.1. The first-order valence-corrected chi connectivity index (χ1v) is 7.18. The molecule has 1 unspecified atom stereocenters. The average molecular weight is 293 g/mol. The Labute approximate surface area is 125 Å². The van der Waals surface area contributed by atoms with Crippen molar-refractivity contribution in [2.75, 3.05) is 26.3 Å². The number of hydrogen-bond acceptors (Lipinski definition) is 5. The van der Waals surface area contributed by atoms with E-state index in [1.165, 1.54) is 0 Å². The van der Waals surface area contributed by atoms with Gasteiger partial charge in [-0.05, 0) is 26.3 Å². The zero-order valence-corrected chi connectivity index (χ0v) is 12.9. The lowest BCUT2D eigenvalue weighted by Crippen LogP contribution is -2.38. The van der Waals surface area contributed by atoms with E-state index in [9.17, 15) is 9.59 Å². The van der Waals surface area contributed by atoms with Crippen LogP contribution in [0.3, 0.4) is 0 Å². The Balaban J connectivity index is 2.79. The van der Waals surface area contributed by atoms with Crippen molar-refractivity contribution in [3.8, 4) is 0 Å². The van der Waals surface area contributed by atoms with Gasteiger partial charge < -0.3 is 9.47 Å². The third-order valence-corrected chi connectivity index (χ3v) is 3.10. The summed E-state index contributed by atoms with van der Waals surface area (Å²) in [7, 11) is 0. The highest BCUT2D eigenvalue weighted by Crippen LogP contribution is 2.19. The minimum Gasteiger partial charge on any atom is -0.465 e. The van der Waals surface area contributed by atoms with Gasteiger partial charge in [-0.15, -0.1) is 0 Å². The SMILES string of the molecule is CCOC(=O)CN(CC(=O)OCC)C(C)c1ccccc1. The largest absolute Gasteiger partial charge is 0.465 e. The highest BCUT2D eigenvalue weighted by molar-refractivity contribution is 5.75. The Morgan fingerprint density at radius 3 is 1.90 bits per heavy atom.